The van der Waals surface area contributed by atoms with E-state index in [4.69, 9.17) is 14.2 Å². The van der Waals surface area contributed by atoms with Gasteiger partial charge in [0.1, 0.15) is 18.1 Å². The Hall–Kier alpha value is -2.53. The van der Waals surface area contributed by atoms with Gasteiger partial charge in [-0.2, -0.15) is 0 Å². The molecule has 1 fully saturated rings. The Balaban J connectivity index is 1.64. The fraction of sp³-hybridized carbons (Fsp3) is 0.381. The second kappa shape index (κ2) is 8.72. The molecule has 0 aliphatic carbocycles. The van der Waals surface area contributed by atoms with E-state index in [0.29, 0.717) is 18.0 Å². The summed E-state index contributed by atoms with van der Waals surface area (Å²) in [7, 11) is 1.61. The first kappa shape index (κ1) is 18.3. The third-order valence-electron chi connectivity index (χ3n) is 4.36. The lowest BCUT2D eigenvalue weighted by Crippen LogP contribution is -2.19. The summed E-state index contributed by atoms with van der Waals surface area (Å²) >= 11 is 0. The van der Waals surface area contributed by atoms with Gasteiger partial charge in [-0.15, -0.1) is 0 Å². The molecule has 1 aliphatic heterocycles. The van der Waals surface area contributed by atoms with Gasteiger partial charge in [-0.25, -0.2) is 0 Å². The Morgan fingerprint density at radius 1 is 1.27 bits per heavy atom. The van der Waals surface area contributed by atoms with Crippen LogP contribution < -0.4 is 14.8 Å². The first-order valence-corrected chi connectivity index (χ1v) is 8.92. The van der Waals surface area contributed by atoms with Gasteiger partial charge in [0.25, 0.3) is 0 Å². The molecule has 0 bridgehead atoms. The molecule has 3 rings (SSSR count). The van der Waals surface area contributed by atoms with E-state index in [1.807, 2.05) is 49.4 Å². The fourth-order valence-corrected chi connectivity index (χ4v) is 2.97. The van der Waals surface area contributed by atoms with Gasteiger partial charge in [0, 0.05) is 6.61 Å². The minimum atomic E-state index is -0.0935. The summed E-state index contributed by atoms with van der Waals surface area (Å²) in [4.78, 5) is 12.4. The molecule has 2 aromatic rings. The van der Waals surface area contributed by atoms with Crippen LogP contribution in [-0.4, -0.2) is 32.3 Å². The van der Waals surface area contributed by atoms with E-state index in [-0.39, 0.29) is 18.4 Å². The van der Waals surface area contributed by atoms with E-state index < -0.39 is 0 Å². The van der Waals surface area contributed by atoms with Crippen molar-refractivity contribution >= 4 is 11.6 Å². The van der Waals surface area contributed by atoms with Crippen LogP contribution in [0.25, 0.3) is 0 Å². The molecular weight excluding hydrogens is 330 g/mol. The summed E-state index contributed by atoms with van der Waals surface area (Å²) in [5, 5.41) is 2.95. The molecule has 0 saturated carbocycles. The van der Waals surface area contributed by atoms with E-state index in [9.17, 15) is 4.79 Å². The molecule has 1 heterocycles. The van der Waals surface area contributed by atoms with E-state index >= 15 is 0 Å². The third kappa shape index (κ3) is 4.99. The van der Waals surface area contributed by atoms with Crippen LogP contribution >= 0.6 is 0 Å². The molecule has 138 valence electrons. The van der Waals surface area contributed by atoms with Crippen LogP contribution in [0.3, 0.4) is 0 Å². The van der Waals surface area contributed by atoms with Crippen molar-refractivity contribution < 1.29 is 19.0 Å². The minimum Gasteiger partial charge on any atom is -0.497 e. The van der Waals surface area contributed by atoms with E-state index in [1.54, 1.807) is 7.11 Å². The highest BCUT2D eigenvalue weighted by molar-refractivity contribution is 5.93. The first-order chi connectivity index (χ1) is 12.6. The second-order valence-electron chi connectivity index (χ2n) is 6.52. The van der Waals surface area contributed by atoms with Gasteiger partial charge in [0.2, 0.25) is 5.91 Å². The molecule has 26 heavy (non-hydrogen) atoms. The number of aryl methyl sites for hydroxylation is 1. The maximum absolute atomic E-state index is 12.4. The van der Waals surface area contributed by atoms with E-state index in [1.165, 1.54) is 0 Å². The minimum absolute atomic E-state index is 0.0935. The highest BCUT2D eigenvalue weighted by Crippen LogP contribution is 2.27. The molecule has 1 amide bonds. The lowest BCUT2D eigenvalue weighted by atomic mass is 10.1. The average molecular weight is 355 g/mol. The number of carbonyl (C=O) groups is 1. The molecule has 0 radical (unpaired) electrons. The Bertz CT molecular complexity index is 753. The van der Waals surface area contributed by atoms with Crippen molar-refractivity contribution in [3.8, 4) is 11.5 Å². The number of amides is 1. The monoisotopic (exact) mass is 355 g/mol. The maximum atomic E-state index is 12.4. The highest BCUT2D eigenvalue weighted by Gasteiger charge is 2.17. The molecule has 5 heteroatoms. The predicted octanol–water partition coefficient (Wildman–Crippen LogP) is 3.74. The lowest BCUT2D eigenvalue weighted by Gasteiger charge is -2.16. The topological polar surface area (TPSA) is 56.8 Å². The summed E-state index contributed by atoms with van der Waals surface area (Å²) in [6.45, 7) is 3.30. The quantitative estimate of drug-likeness (QED) is 0.822. The van der Waals surface area contributed by atoms with Crippen molar-refractivity contribution in [2.45, 2.75) is 32.3 Å². The van der Waals surface area contributed by atoms with Crippen molar-refractivity contribution in [3.63, 3.8) is 0 Å². The van der Waals surface area contributed by atoms with Gasteiger partial charge in [-0.05, 0) is 55.2 Å². The predicted molar refractivity (Wildman–Crippen MR) is 101 cm³/mol. The Kier molecular flexibility index (Phi) is 6.12. The van der Waals surface area contributed by atoms with Gasteiger partial charge in [0.15, 0.2) is 0 Å². The molecule has 1 unspecified atom stereocenters. The summed E-state index contributed by atoms with van der Waals surface area (Å²) < 4.78 is 16.7. The Morgan fingerprint density at radius 2 is 2.15 bits per heavy atom. The van der Waals surface area contributed by atoms with Gasteiger partial charge in [-0.1, -0.05) is 18.2 Å². The number of nitrogens with one attached hydrogen (secondary N) is 1. The van der Waals surface area contributed by atoms with Gasteiger partial charge in [-0.3, -0.25) is 4.79 Å². The molecule has 0 spiro atoms. The largest absolute Gasteiger partial charge is 0.497 e. The van der Waals surface area contributed by atoms with Crippen LogP contribution in [0.15, 0.2) is 42.5 Å². The van der Waals surface area contributed by atoms with Crippen LogP contribution in [0.2, 0.25) is 0 Å². The number of anilines is 1. The maximum Gasteiger partial charge on any atom is 0.228 e. The zero-order valence-electron chi connectivity index (χ0n) is 15.3. The molecule has 2 aromatic carbocycles. The van der Waals surface area contributed by atoms with E-state index in [2.05, 4.69) is 5.32 Å². The highest BCUT2D eigenvalue weighted by atomic mass is 16.5. The van der Waals surface area contributed by atoms with Crippen LogP contribution in [0.4, 0.5) is 5.69 Å². The summed E-state index contributed by atoms with van der Waals surface area (Å²) in [6, 6.07) is 13.3. The number of hydrogen-bond donors (Lipinski definition) is 1. The zero-order chi connectivity index (χ0) is 18.4. The number of rotatable bonds is 7. The number of hydrogen-bond acceptors (Lipinski definition) is 4. The zero-order valence-corrected chi connectivity index (χ0v) is 15.3. The standard InChI is InChI=1S/C21H25NO4/c1-15-8-9-19(20(11-15)26-14-18-7-4-10-25-18)22-21(23)13-16-5-3-6-17(12-16)24-2/h3,5-6,8-9,11-12,18H,4,7,10,13-14H2,1-2H3,(H,22,23). The number of ether oxygens (including phenoxy) is 3. The smallest absolute Gasteiger partial charge is 0.228 e. The van der Waals surface area contributed by atoms with Gasteiger partial charge in [0.05, 0.1) is 25.3 Å². The van der Waals surface area contributed by atoms with Crippen LogP contribution in [0.5, 0.6) is 11.5 Å². The van der Waals surface area contributed by atoms with Crippen molar-refractivity contribution in [1.29, 1.82) is 0 Å². The molecule has 1 saturated heterocycles. The van der Waals surface area contributed by atoms with Crippen LogP contribution in [-0.2, 0) is 16.0 Å². The normalized spacial score (nSPS) is 16.3. The molecule has 1 atom stereocenters. The van der Waals surface area contributed by atoms with Crippen molar-refractivity contribution in [1.82, 2.24) is 0 Å². The Morgan fingerprint density at radius 3 is 2.92 bits per heavy atom. The second-order valence-corrected chi connectivity index (χ2v) is 6.52. The number of benzene rings is 2. The van der Waals surface area contributed by atoms with Gasteiger partial charge >= 0.3 is 0 Å². The molecule has 1 aliphatic rings. The molecular formula is C21H25NO4. The third-order valence-corrected chi connectivity index (χ3v) is 4.36. The molecule has 5 nitrogen and oxygen atoms in total. The SMILES string of the molecule is COc1cccc(CC(=O)Nc2ccc(C)cc2OCC2CCCO2)c1. The Labute approximate surface area is 154 Å². The van der Waals surface area contributed by atoms with Crippen molar-refractivity contribution in [2.24, 2.45) is 0 Å². The van der Waals surface area contributed by atoms with Crippen LogP contribution in [0, 0.1) is 6.92 Å². The number of methoxy groups -OCH3 is 1. The molecule has 0 aromatic heterocycles. The van der Waals surface area contributed by atoms with Gasteiger partial charge < -0.3 is 19.5 Å². The summed E-state index contributed by atoms with van der Waals surface area (Å²) in [5.74, 6) is 1.33. The average Bonchev–Trinajstić information content (AvgIpc) is 3.15. The van der Waals surface area contributed by atoms with Crippen LogP contribution in [0.1, 0.15) is 24.0 Å². The molecule has 1 N–H and O–H groups in total. The number of carbonyl (C=O) groups excluding carboxylic acids is 1. The summed E-state index contributed by atoms with van der Waals surface area (Å²) in [5.41, 5.74) is 2.66. The van der Waals surface area contributed by atoms with Crippen molar-refractivity contribution in [3.05, 3.63) is 53.6 Å². The fourth-order valence-electron chi connectivity index (χ4n) is 2.97. The first-order valence-electron chi connectivity index (χ1n) is 8.92. The summed E-state index contributed by atoms with van der Waals surface area (Å²) in [6.07, 6.45) is 2.50. The van der Waals surface area contributed by atoms with Crippen molar-refractivity contribution in [2.75, 3.05) is 25.6 Å². The van der Waals surface area contributed by atoms with E-state index in [0.717, 1.165) is 36.3 Å². The lowest BCUT2D eigenvalue weighted by molar-refractivity contribution is -0.115.